The highest BCUT2D eigenvalue weighted by Gasteiger charge is 2.23. The monoisotopic (exact) mass is 433 g/mol. The van der Waals surface area contributed by atoms with Gasteiger partial charge < -0.3 is 5.32 Å². The highest BCUT2D eigenvalue weighted by molar-refractivity contribution is 7.92. The van der Waals surface area contributed by atoms with Gasteiger partial charge in [0, 0.05) is 25.6 Å². The molecule has 162 valence electrons. The van der Waals surface area contributed by atoms with Crippen molar-refractivity contribution < 1.29 is 18.1 Å². The van der Waals surface area contributed by atoms with Gasteiger partial charge in [0.1, 0.15) is 0 Å². The van der Waals surface area contributed by atoms with Crippen molar-refractivity contribution in [2.75, 3.05) is 23.7 Å². The summed E-state index contributed by atoms with van der Waals surface area (Å²) in [4.78, 5) is 22.8. The van der Waals surface area contributed by atoms with Gasteiger partial charge in [0.15, 0.2) is 0 Å². The van der Waals surface area contributed by atoms with Gasteiger partial charge in [-0.25, -0.2) is 8.42 Å². The number of amides is 1. The first-order valence-corrected chi connectivity index (χ1v) is 11.5. The number of nitro groups is 1. The number of nitrogens with zero attached hydrogens (tertiary/aromatic N) is 2. The molecule has 0 spiro atoms. The molecule has 1 amide bonds. The van der Waals surface area contributed by atoms with Gasteiger partial charge in [-0.2, -0.15) is 0 Å². The number of sulfonamides is 1. The first-order chi connectivity index (χ1) is 14.1. The van der Waals surface area contributed by atoms with Crippen LogP contribution in [0.5, 0.6) is 0 Å². The highest BCUT2D eigenvalue weighted by atomic mass is 32.2. The highest BCUT2D eigenvalue weighted by Crippen LogP contribution is 2.30. The van der Waals surface area contributed by atoms with Crippen molar-refractivity contribution in [1.82, 2.24) is 5.32 Å². The lowest BCUT2D eigenvalue weighted by Gasteiger charge is -2.24. The van der Waals surface area contributed by atoms with Crippen LogP contribution in [-0.2, 0) is 14.8 Å². The Hall–Kier alpha value is -2.94. The molecule has 0 unspecified atom stereocenters. The Kier molecular flexibility index (Phi) is 7.93. The lowest BCUT2D eigenvalue weighted by Crippen LogP contribution is -2.33. The van der Waals surface area contributed by atoms with Crippen LogP contribution in [-0.4, -0.2) is 38.6 Å². The van der Waals surface area contributed by atoms with Crippen LogP contribution in [0.3, 0.4) is 0 Å². The van der Waals surface area contributed by atoms with E-state index in [1.165, 1.54) is 25.1 Å². The maximum absolute atomic E-state index is 12.3. The van der Waals surface area contributed by atoms with Gasteiger partial charge >= 0.3 is 0 Å². The first kappa shape index (κ1) is 23.3. The van der Waals surface area contributed by atoms with Gasteiger partial charge in [-0.05, 0) is 30.9 Å². The molecule has 0 saturated heterocycles. The number of hydrogen-bond acceptors (Lipinski definition) is 5. The number of carbonyl (C=O) groups is 1. The molecule has 0 aliphatic carbocycles. The molecule has 0 aliphatic rings. The fraction of sp³-hybridized carbons (Fsp3) is 0.381. The normalized spacial score (nSPS) is 12.2. The molecule has 30 heavy (non-hydrogen) atoms. The summed E-state index contributed by atoms with van der Waals surface area (Å²) in [5, 5.41) is 14.0. The van der Waals surface area contributed by atoms with Gasteiger partial charge in [-0.3, -0.25) is 19.2 Å². The topological polar surface area (TPSA) is 110 Å². The van der Waals surface area contributed by atoms with Crippen molar-refractivity contribution in [1.29, 1.82) is 0 Å². The average molecular weight is 434 g/mol. The minimum absolute atomic E-state index is 0.0580. The molecule has 0 bridgehead atoms. The number of nitrogens with one attached hydrogen (secondary N) is 1. The fourth-order valence-electron chi connectivity index (χ4n) is 3.18. The predicted molar refractivity (Wildman–Crippen MR) is 117 cm³/mol. The summed E-state index contributed by atoms with van der Waals surface area (Å²) in [6.45, 7) is 4.08. The van der Waals surface area contributed by atoms with Crippen molar-refractivity contribution >= 4 is 27.3 Å². The van der Waals surface area contributed by atoms with Crippen LogP contribution < -0.4 is 9.62 Å². The molecule has 0 aliphatic heterocycles. The molecule has 9 heteroatoms. The van der Waals surface area contributed by atoms with E-state index in [0.717, 1.165) is 16.1 Å². The number of anilines is 1. The van der Waals surface area contributed by atoms with E-state index in [9.17, 15) is 23.3 Å². The number of hydrogen-bond donors (Lipinski definition) is 1. The largest absolute Gasteiger partial charge is 0.356 e. The number of rotatable bonds is 10. The first-order valence-electron chi connectivity index (χ1n) is 9.64. The number of nitro benzene ring substituents is 1. The van der Waals surface area contributed by atoms with Crippen molar-refractivity contribution in [2.24, 2.45) is 0 Å². The molecule has 8 nitrogen and oxygen atoms in total. The quantitative estimate of drug-likeness (QED) is 0.456. The lowest BCUT2D eigenvalue weighted by atomic mass is 10.0. The van der Waals surface area contributed by atoms with Crippen molar-refractivity contribution in [3.63, 3.8) is 0 Å². The van der Waals surface area contributed by atoms with E-state index in [2.05, 4.69) is 5.32 Å². The van der Waals surface area contributed by atoms with Gasteiger partial charge in [0.05, 0.1) is 22.4 Å². The van der Waals surface area contributed by atoms with Crippen LogP contribution in [0.25, 0.3) is 0 Å². The molecule has 2 aromatic carbocycles. The molecular formula is C21H27N3O5S. The summed E-state index contributed by atoms with van der Waals surface area (Å²) in [5.74, 6) is -0.00261. The summed E-state index contributed by atoms with van der Waals surface area (Å²) in [6.07, 6.45) is 1.50. The van der Waals surface area contributed by atoms with Crippen LogP contribution >= 0.6 is 0 Å². The Bertz CT molecular complexity index is 993. The summed E-state index contributed by atoms with van der Waals surface area (Å²) in [7, 11) is -3.66. The van der Waals surface area contributed by atoms with E-state index in [4.69, 9.17) is 0 Å². The maximum atomic E-state index is 12.3. The fourth-order valence-corrected chi connectivity index (χ4v) is 4.20. The van der Waals surface area contributed by atoms with Crippen LogP contribution in [0.1, 0.15) is 36.8 Å². The van der Waals surface area contributed by atoms with E-state index < -0.39 is 14.9 Å². The minimum Gasteiger partial charge on any atom is -0.356 e. The zero-order valence-corrected chi connectivity index (χ0v) is 18.2. The summed E-state index contributed by atoms with van der Waals surface area (Å²) >= 11 is 0. The molecule has 2 aromatic rings. The third-order valence-electron chi connectivity index (χ3n) is 4.88. The summed E-state index contributed by atoms with van der Waals surface area (Å²) < 4.78 is 25.7. The Morgan fingerprint density at radius 3 is 2.43 bits per heavy atom. The van der Waals surface area contributed by atoms with Crippen molar-refractivity contribution in [3.05, 3.63) is 69.8 Å². The van der Waals surface area contributed by atoms with Crippen LogP contribution in [0.4, 0.5) is 11.4 Å². The Morgan fingerprint density at radius 1 is 1.17 bits per heavy atom. The second-order valence-electron chi connectivity index (χ2n) is 7.23. The minimum atomic E-state index is -3.66. The molecule has 0 aromatic heterocycles. The Balaban J connectivity index is 1.97. The molecular weight excluding hydrogens is 406 g/mol. The zero-order chi connectivity index (χ0) is 22.3. The second kappa shape index (κ2) is 10.2. The molecule has 0 saturated carbocycles. The maximum Gasteiger partial charge on any atom is 0.274 e. The van der Waals surface area contributed by atoms with Crippen LogP contribution in [0.15, 0.2) is 48.5 Å². The smallest absolute Gasteiger partial charge is 0.274 e. The van der Waals surface area contributed by atoms with E-state index >= 15 is 0 Å². The average Bonchev–Trinajstić information content (AvgIpc) is 2.69. The van der Waals surface area contributed by atoms with Gasteiger partial charge in [-0.1, -0.05) is 43.3 Å². The van der Waals surface area contributed by atoms with Gasteiger partial charge in [0.25, 0.3) is 5.69 Å². The third-order valence-corrected chi connectivity index (χ3v) is 6.06. The molecule has 0 fully saturated rings. The van der Waals surface area contributed by atoms with E-state index in [1.54, 1.807) is 0 Å². The number of carbonyl (C=O) groups excluding carboxylic acids is 1. The predicted octanol–water partition coefficient (Wildman–Crippen LogP) is 3.37. The zero-order valence-electron chi connectivity index (χ0n) is 17.4. The summed E-state index contributed by atoms with van der Waals surface area (Å²) in [6, 6.07) is 14.2. The van der Waals surface area contributed by atoms with Crippen LogP contribution in [0.2, 0.25) is 0 Å². The Labute approximate surface area is 177 Å². The van der Waals surface area contributed by atoms with E-state index in [-0.39, 0.29) is 41.7 Å². The Morgan fingerprint density at radius 2 is 1.83 bits per heavy atom. The van der Waals surface area contributed by atoms with Crippen molar-refractivity contribution in [2.45, 2.75) is 32.6 Å². The molecule has 1 atom stereocenters. The second-order valence-corrected chi connectivity index (χ2v) is 9.14. The van der Waals surface area contributed by atoms with Gasteiger partial charge in [0.2, 0.25) is 15.9 Å². The SMILES string of the molecule is Cc1c(N(CCCC(=O)NC[C@@H](C)c2ccccc2)S(C)(=O)=O)cccc1[N+](=O)[O-]. The standard InChI is InChI=1S/C21H27N3O5S/c1-16(18-9-5-4-6-10-18)15-22-21(25)13-8-14-23(30(3,28)29)19-11-7-12-20(17(19)2)24(26)27/h4-7,9-12,16H,8,13-15H2,1-3H3,(H,22,25)/t16-/m1/s1. The van der Waals surface area contributed by atoms with Gasteiger partial charge in [-0.15, -0.1) is 0 Å². The third kappa shape index (κ3) is 6.28. The molecule has 1 N–H and O–H groups in total. The molecule has 0 heterocycles. The molecule has 2 rings (SSSR count). The molecule has 0 radical (unpaired) electrons. The van der Waals surface area contributed by atoms with Crippen LogP contribution in [0, 0.1) is 17.0 Å². The van der Waals surface area contributed by atoms with E-state index in [1.807, 2.05) is 37.3 Å². The number of benzene rings is 2. The summed E-state index contributed by atoms with van der Waals surface area (Å²) in [5.41, 5.74) is 1.51. The lowest BCUT2D eigenvalue weighted by molar-refractivity contribution is -0.385. The van der Waals surface area contributed by atoms with E-state index in [0.29, 0.717) is 13.0 Å². The van der Waals surface area contributed by atoms with Crippen molar-refractivity contribution in [3.8, 4) is 0 Å².